The van der Waals surface area contributed by atoms with E-state index in [-0.39, 0.29) is 0 Å². The van der Waals surface area contributed by atoms with Crippen LogP contribution in [0.2, 0.25) is 0 Å². The van der Waals surface area contributed by atoms with Crippen LogP contribution in [0, 0.1) is 0 Å². The Morgan fingerprint density at radius 1 is 1.24 bits per heavy atom. The molecule has 0 fully saturated rings. The standard InChI is InChI=1S/C15H20N2/c1-3-6-13(4-2)17-14-8-9-15-12(11-14)7-5-10-16-15/h5,7-11,13,17H,3-4,6H2,1-2H3. The van der Waals surface area contributed by atoms with Crippen molar-refractivity contribution in [3.63, 3.8) is 0 Å². The Bertz CT molecular complexity index is 479. The number of benzene rings is 1. The van der Waals surface area contributed by atoms with Crippen molar-refractivity contribution in [2.75, 3.05) is 5.32 Å². The third-order valence-corrected chi connectivity index (χ3v) is 3.10. The van der Waals surface area contributed by atoms with Crippen molar-refractivity contribution < 1.29 is 0 Å². The summed E-state index contributed by atoms with van der Waals surface area (Å²) in [5, 5.41) is 4.79. The molecule has 1 unspecified atom stereocenters. The quantitative estimate of drug-likeness (QED) is 0.828. The maximum absolute atomic E-state index is 4.33. The molecule has 0 aliphatic carbocycles. The molecule has 0 spiro atoms. The van der Waals surface area contributed by atoms with Crippen LogP contribution in [0.1, 0.15) is 33.1 Å². The minimum Gasteiger partial charge on any atom is -0.382 e. The van der Waals surface area contributed by atoms with Gasteiger partial charge in [-0.15, -0.1) is 0 Å². The molecular formula is C15H20N2. The zero-order valence-corrected chi connectivity index (χ0v) is 10.6. The number of hydrogen-bond acceptors (Lipinski definition) is 2. The Hall–Kier alpha value is -1.57. The van der Waals surface area contributed by atoms with Gasteiger partial charge in [0.2, 0.25) is 0 Å². The van der Waals surface area contributed by atoms with E-state index in [0.717, 1.165) is 5.52 Å². The average molecular weight is 228 g/mol. The third kappa shape index (κ3) is 2.96. The Morgan fingerprint density at radius 3 is 2.88 bits per heavy atom. The van der Waals surface area contributed by atoms with Crippen molar-refractivity contribution in [3.8, 4) is 0 Å². The van der Waals surface area contributed by atoms with Crippen LogP contribution in [0.4, 0.5) is 5.69 Å². The monoisotopic (exact) mass is 228 g/mol. The van der Waals surface area contributed by atoms with Gasteiger partial charge in [-0.1, -0.05) is 26.3 Å². The van der Waals surface area contributed by atoms with Gasteiger partial charge in [0.05, 0.1) is 5.52 Å². The molecule has 2 nitrogen and oxygen atoms in total. The average Bonchev–Trinajstić information content (AvgIpc) is 2.38. The van der Waals surface area contributed by atoms with Gasteiger partial charge >= 0.3 is 0 Å². The lowest BCUT2D eigenvalue weighted by atomic mass is 10.1. The van der Waals surface area contributed by atoms with E-state index in [1.54, 1.807) is 0 Å². The highest BCUT2D eigenvalue weighted by molar-refractivity contribution is 5.82. The second-order valence-corrected chi connectivity index (χ2v) is 4.45. The molecule has 17 heavy (non-hydrogen) atoms. The largest absolute Gasteiger partial charge is 0.382 e. The van der Waals surface area contributed by atoms with Gasteiger partial charge in [0.25, 0.3) is 0 Å². The molecule has 0 amide bonds. The molecule has 90 valence electrons. The van der Waals surface area contributed by atoms with Gasteiger partial charge in [-0.2, -0.15) is 0 Å². The fourth-order valence-electron chi connectivity index (χ4n) is 2.13. The summed E-state index contributed by atoms with van der Waals surface area (Å²) >= 11 is 0. The number of pyridine rings is 1. The van der Waals surface area contributed by atoms with E-state index >= 15 is 0 Å². The zero-order valence-electron chi connectivity index (χ0n) is 10.6. The van der Waals surface area contributed by atoms with E-state index in [2.05, 4.69) is 48.4 Å². The van der Waals surface area contributed by atoms with Crippen LogP contribution in [-0.4, -0.2) is 11.0 Å². The molecule has 0 saturated carbocycles. The molecule has 1 aromatic heterocycles. The predicted molar refractivity (Wildman–Crippen MR) is 74.4 cm³/mol. The molecule has 0 aliphatic heterocycles. The molecule has 0 saturated heterocycles. The SMILES string of the molecule is CCCC(CC)Nc1ccc2ncccc2c1. The molecule has 0 aliphatic rings. The second kappa shape index (κ2) is 5.67. The molecular weight excluding hydrogens is 208 g/mol. The second-order valence-electron chi connectivity index (χ2n) is 4.45. The topological polar surface area (TPSA) is 24.9 Å². The smallest absolute Gasteiger partial charge is 0.0703 e. The van der Waals surface area contributed by atoms with E-state index in [4.69, 9.17) is 0 Å². The number of nitrogens with zero attached hydrogens (tertiary/aromatic N) is 1. The van der Waals surface area contributed by atoms with Crippen molar-refractivity contribution in [1.29, 1.82) is 0 Å². The van der Waals surface area contributed by atoms with E-state index in [1.165, 1.54) is 30.3 Å². The van der Waals surface area contributed by atoms with Crippen LogP contribution in [0.25, 0.3) is 10.9 Å². The predicted octanol–water partition coefficient (Wildman–Crippen LogP) is 4.23. The summed E-state index contributed by atoms with van der Waals surface area (Å²) in [4.78, 5) is 4.33. The highest BCUT2D eigenvalue weighted by Gasteiger charge is 2.04. The Balaban J connectivity index is 2.18. The molecule has 2 aromatic rings. The van der Waals surface area contributed by atoms with Crippen LogP contribution >= 0.6 is 0 Å². The van der Waals surface area contributed by atoms with Crippen molar-refractivity contribution in [2.45, 2.75) is 39.2 Å². The lowest BCUT2D eigenvalue weighted by molar-refractivity contribution is 0.623. The third-order valence-electron chi connectivity index (χ3n) is 3.10. The highest BCUT2D eigenvalue weighted by Crippen LogP contribution is 2.19. The van der Waals surface area contributed by atoms with Gasteiger partial charge in [-0.25, -0.2) is 0 Å². The zero-order chi connectivity index (χ0) is 12.1. The maximum Gasteiger partial charge on any atom is 0.0703 e. The molecule has 2 heteroatoms. The van der Waals surface area contributed by atoms with E-state index in [0.29, 0.717) is 6.04 Å². The first kappa shape index (κ1) is 11.9. The van der Waals surface area contributed by atoms with Crippen molar-refractivity contribution >= 4 is 16.6 Å². The normalized spacial score (nSPS) is 12.6. The minimum absolute atomic E-state index is 0.578. The molecule has 1 N–H and O–H groups in total. The maximum atomic E-state index is 4.33. The molecule has 1 heterocycles. The van der Waals surface area contributed by atoms with Crippen molar-refractivity contribution in [1.82, 2.24) is 4.98 Å². The minimum atomic E-state index is 0.578. The van der Waals surface area contributed by atoms with Crippen molar-refractivity contribution in [3.05, 3.63) is 36.5 Å². The first-order valence-corrected chi connectivity index (χ1v) is 6.44. The van der Waals surface area contributed by atoms with Gasteiger partial charge in [-0.3, -0.25) is 4.98 Å². The number of anilines is 1. The summed E-state index contributed by atoms with van der Waals surface area (Å²) in [6.45, 7) is 4.46. The van der Waals surface area contributed by atoms with Gasteiger partial charge in [-0.05, 0) is 37.1 Å². The van der Waals surface area contributed by atoms with Crippen LogP contribution in [-0.2, 0) is 0 Å². The first-order valence-electron chi connectivity index (χ1n) is 6.44. The first-order chi connectivity index (χ1) is 8.33. The van der Waals surface area contributed by atoms with Crippen molar-refractivity contribution in [2.24, 2.45) is 0 Å². The summed E-state index contributed by atoms with van der Waals surface area (Å²) in [5.41, 5.74) is 2.26. The number of fused-ring (bicyclic) bond motifs is 1. The van der Waals surface area contributed by atoms with Crippen LogP contribution in [0.3, 0.4) is 0 Å². The summed E-state index contributed by atoms with van der Waals surface area (Å²) in [5.74, 6) is 0. The summed E-state index contributed by atoms with van der Waals surface area (Å²) in [7, 11) is 0. The fourth-order valence-corrected chi connectivity index (χ4v) is 2.13. The van der Waals surface area contributed by atoms with E-state index in [1.807, 2.05) is 12.3 Å². The molecule has 2 rings (SSSR count). The summed E-state index contributed by atoms with van der Waals surface area (Å²) in [6, 6.07) is 11.0. The van der Waals surface area contributed by atoms with Crippen LogP contribution in [0.15, 0.2) is 36.5 Å². The van der Waals surface area contributed by atoms with Crippen LogP contribution in [0.5, 0.6) is 0 Å². The summed E-state index contributed by atoms with van der Waals surface area (Å²) < 4.78 is 0. The molecule has 1 aromatic carbocycles. The Kier molecular flexibility index (Phi) is 3.97. The molecule has 0 radical (unpaired) electrons. The summed E-state index contributed by atoms with van der Waals surface area (Å²) in [6.07, 6.45) is 5.45. The number of hydrogen-bond donors (Lipinski definition) is 1. The fraction of sp³-hybridized carbons (Fsp3) is 0.400. The van der Waals surface area contributed by atoms with Gasteiger partial charge < -0.3 is 5.32 Å². The Morgan fingerprint density at radius 2 is 2.12 bits per heavy atom. The number of nitrogens with one attached hydrogen (secondary N) is 1. The lowest BCUT2D eigenvalue weighted by Gasteiger charge is -2.17. The van der Waals surface area contributed by atoms with E-state index < -0.39 is 0 Å². The number of rotatable bonds is 5. The van der Waals surface area contributed by atoms with Crippen LogP contribution < -0.4 is 5.32 Å². The number of aromatic nitrogens is 1. The van der Waals surface area contributed by atoms with Gasteiger partial charge in [0.1, 0.15) is 0 Å². The highest BCUT2D eigenvalue weighted by atomic mass is 14.9. The Labute approximate surface area is 103 Å². The van der Waals surface area contributed by atoms with Gasteiger partial charge in [0, 0.05) is 23.3 Å². The van der Waals surface area contributed by atoms with E-state index in [9.17, 15) is 0 Å². The molecule has 1 atom stereocenters. The molecule has 0 bridgehead atoms. The van der Waals surface area contributed by atoms with Gasteiger partial charge in [0.15, 0.2) is 0 Å². The lowest BCUT2D eigenvalue weighted by Crippen LogP contribution is -2.17.